The van der Waals surface area contributed by atoms with Crippen molar-refractivity contribution in [1.82, 2.24) is 9.61 Å². The Kier molecular flexibility index (Phi) is 7.65. The first-order valence-corrected chi connectivity index (χ1v) is 15.0. The van der Waals surface area contributed by atoms with Crippen LogP contribution in [0.1, 0.15) is 22.3 Å². The molecule has 7 rings (SSSR count). The van der Waals surface area contributed by atoms with E-state index in [1.54, 1.807) is 7.05 Å². The van der Waals surface area contributed by atoms with Gasteiger partial charge in [0.15, 0.2) is 11.7 Å². The van der Waals surface area contributed by atoms with E-state index in [4.69, 9.17) is 15.1 Å². The Labute approximate surface area is 262 Å². The molecule has 5 nitrogen and oxygen atoms in total. The lowest BCUT2D eigenvalue weighted by atomic mass is 10.0. The number of nitrogens with zero attached hydrogens (tertiary/aromatic N) is 5. The van der Waals surface area contributed by atoms with E-state index in [0.29, 0.717) is 11.7 Å². The highest BCUT2D eigenvalue weighted by molar-refractivity contribution is 6.14. The minimum absolute atomic E-state index is 0.571. The average Bonchev–Trinajstić information content (AvgIpc) is 3.46. The number of aryl methyl sites for hydroxylation is 1. The highest BCUT2D eigenvalue weighted by Gasteiger charge is 2.18. The summed E-state index contributed by atoms with van der Waals surface area (Å²) in [6, 6.07) is 49.5. The number of hydrogen-bond donors (Lipinski definition) is 0. The van der Waals surface area contributed by atoms with Crippen LogP contribution in [0.3, 0.4) is 0 Å². The number of fused-ring (bicyclic) bond motifs is 3. The summed E-state index contributed by atoms with van der Waals surface area (Å²) in [6.07, 6.45) is 1.85. The van der Waals surface area contributed by atoms with E-state index in [1.165, 1.54) is 10.8 Å². The van der Waals surface area contributed by atoms with Crippen LogP contribution in [-0.4, -0.2) is 34.5 Å². The van der Waals surface area contributed by atoms with Crippen molar-refractivity contribution in [2.24, 2.45) is 15.0 Å². The summed E-state index contributed by atoms with van der Waals surface area (Å²) in [4.78, 5) is 14.4. The predicted octanol–water partition coefficient (Wildman–Crippen LogP) is 9.07. The van der Waals surface area contributed by atoms with E-state index in [1.807, 2.05) is 85.1 Å². The van der Waals surface area contributed by atoms with Crippen molar-refractivity contribution in [1.29, 1.82) is 0 Å². The molecule has 0 aliphatic rings. The molecule has 5 aromatic carbocycles. The summed E-state index contributed by atoms with van der Waals surface area (Å²) >= 11 is 0. The standard InChI is InChI=1S/C40H31N5/c1-28-37(44-45-36(30-17-8-4-9-18-30)26-32-21-12-13-24-35(32)38(28)45)33-22-14-23-34(25-33)40(42-27-29-15-6-3-7-16-29)43-39(41-2)31-19-10-5-11-20-31/h3-27H,1-2H3. The minimum atomic E-state index is 0.571. The summed E-state index contributed by atoms with van der Waals surface area (Å²) in [5.74, 6) is 1.19. The lowest BCUT2D eigenvalue weighted by Gasteiger charge is -2.09. The van der Waals surface area contributed by atoms with Gasteiger partial charge < -0.3 is 0 Å². The Morgan fingerprint density at radius 1 is 0.644 bits per heavy atom. The monoisotopic (exact) mass is 581 g/mol. The van der Waals surface area contributed by atoms with Crippen molar-refractivity contribution < 1.29 is 0 Å². The van der Waals surface area contributed by atoms with E-state index < -0.39 is 0 Å². The fourth-order valence-electron chi connectivity index (χ4n) is 5.70. The zero-order valence-corrected chi connectivity index (χ0v) is 25.2. The van der Waals surface area contributed by atoms with Crippen molar-refractivity contribution in [3.05, 3.63) is 168 Å². The van der Waals surface area contributed by atoms with E-state index >= 15 is 0 Å². The lowest BCUT2D eigenvalue weighted by molar-refractivity contribution is 0.979. The van der Waals surface area contributed by atoms with Crippen molar-refractivity contribution in [2.45, 2.75) is 6.92 Å². The number of aliphatic imine (C=N–C) groups is 3. The van der Waals surface area contributed by atoms with Gasteiger partial charge in [-0.05, 0) is 30.0 Å². The van der Waals surface area contributed by atoms with Gasteiger partial charge in [-0.25, -0.2) is 14.5 Å². The molecule has 0 aliphatic carbocycles. The van der Waals surface area contributed by atoms with Gasteiger partial charge in [0, 0.05) is 46.5 Å². The first kappa shape index (κ1) is 27.9. The molecule has 0 fully saturated rings. The predicted molar refractivity (Wildman–Crippen MR) is 188 cm³/mol. The second-order valence-corrected chi connectivity index (χ2v) is 10.8. The fourth-order valence-corrected chi connectivity index (χ4v) is 5.70. The van der Waals surface area contributed by atoms with E-state index in [-0.39, 0.29) is 0 Å². The summed E-state index contributed by atoms with van der Waals surface area (Å²) in [6.45, 7) is 2.16. The largest absolute Gasteiger partial charge is 0.270 e. The maximum atomic E-state index is 5.24. The second kappa shape index (κ2) is 12.3. The van der Waals surface area contributed by atoms with Crippen LogP contribution < -0.4 is 0 Å². The first-order valence-electron chi connectivity index (χ1n) is 15.0. The maximum Gasteiger partial charge on any atom is 0.161 e. The molecular formula is C40H31N5. The molecule has 0 saturated carbocycles. The van der Waals surface area contributed by atoms with Gasteiger partial charge in [0.05, 0.1) is 16.9 Å². The summed E-state index contributed by atoms with van der Waals surface area (Å²) < 4.78 is 2.09. The van der Waals surface area contributed by atoms with Crippen LogP contribution in [0, 0.1) is 6.92 Å². The van der Waals surface area contributed by atoms with Crippen LogP contribution >= 0.6 is 0 Å². The van der Waals surface area contributed by atoms with Gasteiger partial charge in [-0.3, -0.25) is 4.99 Å². The highest BCUT2D eigenvalue weighted by atomic mass is 15.2. The van der Waals surface area contributed by atoms with Crippen molar-refractivity contribution >= 4 is 34.2 Å². The number of benzene rings is 5. The second-order valence-electron chi connectivity index (χ2n) is 10.8. The molecule has 7 aromatic rings. The Bertz CT molecular complexity index is 2210. The molecule has 45 heavy (non-hydrogen) atoms. The molecule has 0 saturated heterocycles. The molecule has 2 aromatic heterocycles. The smallest absolute Gasteiger partial charge is 0.161 e. The molecule has 0 N–H and O–H groups in total. The third-order valence-electron chi connectivity index (χ3n) is 7.91. The molecule has 216 valence electrons. The van der Waals surface area contributed by atoms with Crippen LogP contribution in [0.5, 0.6) is 0 Å². The fraction of sp³-hybridized carbons (Fsp3) is 0.0500. The quantitative estimate of drug-likeness (QED) is 0.148. The molecule has 0 amide bonds. The van der Waals surface area contributed by atoms with Crippen LogP contribution in [0.4, 0.5) is 0 Å². The van der Waals surface area contributed by atoms with Crippen LogP contribution in [0.25, 0.3) is 38.8 Å². The molecule has 0 bridgehead atoms. The first-order chi connectivity index (χ1) is 22.2. The minimum Gasteiger partial charge on any atom is -0.270 e. The van der Waals surface area contributed by atoms with Crippen molar-refractivity contribution in [3.8, 4) is 22.5 Å². The van der Waals surface area contributed by atoms with Gasteiger partial charge in [-0.15, -0.1) is 0 Å². The summed E-state index contributed by atoms with van der Waals surface area (Å²) in [5.41, 5.74) is 9.11. The lowest BCUT2D eigenvalue weighted by Crippen LogP contribution is -2.06. The highest BCUT2D eigenvalue weighted by Crippen LogP contribution is 2.35. The van der Waals surface area contributed by atoms with Gasteiger partial charge in [0.2, 0.25) is 0 Å². The van der Waals surface area contributed by atoms with Gasteiger partial charge in [0.1, 0.15) is 0 Å². The van der Waals surface area contributed by atoms with Gasteiger partial charge >= 0.3 is 0 Å². The van der Waals surface area contributed by atoms with Gasteiger partial charge in [-0.2, -0.15) is 5.10 Å². The number of aromatic nitrogens is 2. The number of pyridine rings is 1. The molecule has 0 atom stereocenters. The van der Waals surface area contributed by atoms with E-state index in [9.17, 15) is 0 Å². The SMILES string of the molecule is CN=C(N=C(N=Cc1ccccc1)c1cccc(-c2nn3c(-c4ccccc4)cc4ccccc4c3c2C)c1)c1ccccc1. The van der Waals surface area contributed by atoms with Crippen LogP contribution in [0.15, 0.2) is 161 Å². The van der Waals surface area contributed by atoms with E-state index in [0.717, 1.165) is 50.3 Å². The molecular weight excluding hydrogens is 550 g/mol. The zero-order valence-electron chi connectivity index (χ0n) is 25.2. The molecule has 0 aliphatic heterocycles. The van der Waals surface area contributed by atoms with Crippen LogP contribution in [0.2, 0.25) is 0 Å². The molecule has 2 heterocycles. The number of hydrogen-bond acceptors (Lipinski definition) is 2. The zero-order chi connectivity index (χ0) is 30.6. The Morgan fingerprint density at radius 2 is 1.29 bits per heavy atom. The van der Waals surface area contributed by atoms with Crippen LogP contribution in [-0.2, 0) is 0 Å². The average molecular weight is 582 g/mol. The molecule has 5 heteroatoms. The van der Waals surface area contributed by atoms with E-state index in [2.05, 4.69) is 83.2 Å². The normalized spacial score (nSPS) is 12.4. The number of rotatable bonds is 5. The third-order valence-corrected chi connectivity index (χ3v) is 7.91. The van der Waals surface area contributed by atoms with Gasteiger partial charge in [-0.1, -0.05) is 133 Å². The topological polar surface area (TPSA) is 54.4 Å². The molecule has 0 unspecified atom stereocenters. The summed E-state index contributed by atoms with van der Waals surface area (Å²) in [5, 5.41) is 7.60. The van der Waals surface area contributed by atoms with Crippen molar-refractivity contribution in [3.63, 3.8) is 0 Å². The maximum absolute atomic E-state index is 5.24. The summed E-state index contributed by atoms with van der Waals surface area (Å²) in [7, 11) is 1.76. The third kappa shape index (κ3) is 5.59. The van der Waals surface area contributed by atoms with Crippen molar-refractivity contribution in [2.75, 3.05) is 7.05 Å². The number of amidine groups is 2. The molecule has 0 spiro atoms. The Morgan fingerprint density at radius 3 is 2.04 bits per heavy atom. The molecule has 0 radical (unpaired) electrons. The van der Waals surface area contributed by atoms with Gasteiger partial charge in [0.25, 0.3) is 0 Å². The Balaban J connectivity index is 1.39. The Hall–Kier alpha value is -5.94.